The van der Waals surface area contributed by atoms with Gasteiger partial charge in [0.2, 0.25) is 0 Å². The summed E-state index contributed by atoms with van der Waals surface area (Å²) in [4.78, 5) is 0. The van der Waals surface area contributed by atoms with E-state index in [-0.39, 0.29) is 14.9 Å². The first-order chi connectivity index (χ1) is 10.2. The Kier molecular flexibility index (Phi) is 7.55. The molecule has 0 spiro atoms. The van der Waals surface area contributed by atoms with Crippen LogP contribution in [0.3, 0.4) is 0 Å². The summed E-state index contributed by atoms with van der Waals surface area (Å²) in [5.41, 5.74) is 1.98. The molecule has 0 saturated heterocycles. The SMILES string of the molecule is C.C.CC(C)(C)C.CC(C)(C)C1(C(C)(C)C)C2CC3CC(C2)CC1C3. The predicted octanol–water partition coefficient (Wildman–Crippen LogP) is 8.85. The fraction of sp³-hybridized carbons (Fsp3) is 1.00. The lowest BCUT2D eigenvalue weighted by Gasteiger charge is -2.70. The van der Waals surface area contributed by atoms with Crippen molar-refractivity contribution in [3.8, 4) is 0 Å². The molecule has 0 aliphatic heterocycles. The van der Waals surface area contributed by atoms with Gasteiger partial charge in [0.05, 0.1) is 0 Å². The average molecular weight is 353 g/mol. The molecule has 0 aromatic rings. The van der Waals surface area contributed by atoms with Crippen molar-refractivity contribution in [3.63, 3.8) is 0 Å². The van der Waals surface area contributed by atoms with Crippen LogP contribution in [0.25, 0.3) is 0 Å². The fourth-order valence-electron chi connectivity index (χ4n) is 7.50. The summed E-state index contributed by atoms with van der Waals surface area (Å²) in [5.74, 6) is 4.19. The second kappa shape index (κ2) is 7.55. The molecule has 0 N–H and O–H groups in total. The van der Waals surface area contributed by atoms with Crippen LogP contribution in [0.15, 0.2) is 0 Å². The summed E-state index contributed by atoms with van der Waals surface area (Å²) in [5, 5.41) is 0. The fourth-order valence-corrected chi connectivity index (χ4v) is 7.50. The van der Waals surface area contributed by atoms with Crippen LogP contribution in [0.1, 0.15) is 116 Å². The molecule has 4 bridgehead atoms. The number of rotatable bonds is 0. The maximum atomic E-state index is 2.53. The molecule has 4 fully saturated rings. The van der Waals surface area contributed by atoms with Gasteiger partial charge in [0, 0.05) is 0 Å². The van der Waals surface area contributed by atoms with Gasteiger partial charge in [-0.05, 0) is 77.4 Å². The minimum absolute atomic E-state index is 0. The lowest BCUT2D eigenvalue weighted by molar-refractivity contribution is -0.219. The molecule has 0 aromatic carbocycles. The molecule has 0 aromatic heterocycles. The van der Waals surface area contributed by atoms with Gasteiger partial charge >= 0.3 is 0 Å². The minimum atomic E-state index is 0. The summed E-state index contributed by atoms with van der Waals surface area (Å²) in [6.45, 7) is 23.9. The van der Waals surface area contributed by atoms with Crippen molar-refractivity contribution >= 4 is 0 Å². The van der Waals surface area contributed by atoms with Crippen molar-refractivity contribution < 1.29 is 0 Å². The van der Waals surface area contributed by atoms with Gasteiger partial charge in [0.1, 0.15) is 0 Å². The standard InChI is InChI=1S/C18H32.C5H12.2CH4/c1-16(2,3)18(17(4,5)6)14-8-12-7-13(10-14)11-15(18)9-12;1-5(2,3)4;;/h12-15H,7-11H2,1-6H3;1-4H3;2*1H4. The Morgan fingerprint density at radius 3 is 0.960 bits per heavy atom. The summed E-state index contributed by atoms with van der Waals surface area (Å²) in [6, 6.07) is 0. The molecule has 0 unspecified atom stereocenters. The monoisotopic (exact) mass is 352 g/mol. The Morgan fingerprint density at radius 1 is 0.520 bits per heavy atom. The molecule has 0 amide bonds. The lowest BCUT2D eigenvalue weighted by atomic mass is 9.34. The van der Waals surface area contributed by atoms with Crippen LogP contribution in [0.2, 0.25) is 0 Å². The first kappa shape index (κ1) is 25.0. The van der Waals surface area contributed by atoms with E-state index in [1.165, 1.54) is 0 Å². The lowest BCUT2D eigenvalue weighted by Crippen LogP contribution is -2.63. The second-order valence-electron chi connectivity index (χ2n) is 12.7. The van der Waals surface area contributed by atoms with E-state index in [0.29, 0.717) is 21.7 Å². The normalized spacial score (nSPS) is 32.9. The smallest absolute Gasteiger partial charge is 0.0143 e. The van der Waals surface area contributed by atoms with Gasteiger partial charge in [-0.3, -0.25) is 0 Å². The zero-order chi connectivity index (χ0) is 17.8. The van der Waals surface area contributed by atoms with Gasteiger partial charge in [-0.15, -0.1) is 0 Å². The van der Waals surface area contributed by atoms with Crippen LogP contribution in [-0.2, 0) is 0 Å². The third kappa shape index (κ3) is 4.65. The highest BCUT2D eigenvalue weighted by molar-refractivity contribution is 5.14. The number of hydrogen-bond acceptors (Lipinski definition) is 0. The summed E-state index contributed by atoms with van der Waals surface area (Å²) >= 11 is 0. The first-order valence-electron chi connectivity index (χ1n) is 10.2. The molecular weight excluding hydrogens is 300 g/mol. The molecule has 0 heterocycles. The third-order valence-electron chi connectivity index (χ3n) is 6.91. The topological polar surface area (TPSA) is 0 Å². The maximum Gasteiger partial charge on any atom is -0.0143 e. The molecule has 0 radical (unpaired) electrons. The van der Waals surface area contributed by atoms with Gasteiger partial charge in [0.25, 0.3) is 0 Å². The molecule has 0 heteroatoms. The zero-order valence-electron chi connectivity index (χ0n) is 17.8. The molecule has 0 atom stereocenters. The van der Waals surface area contributed by atoms with Gasteiger partial charge in [-0.25, -0.2) is 0 Å². The van der Waals surface area contributed by atoms with E-state index in [4.69, 9.17) is 0 Å². The average Bonchev–Trinajstić information content (AvgIpc) is 2.20. The molecule has 4 rings (SSSR count). The van der Waals surface area contributed by atoms with Crippen LogP contribution >= 0.6 is 0 Å². The highest BCUT2D eigenvalue weighted by Gasteiger charge is 2.65. The molecule has 152 valence electrons. The summed E-state index contributed by atoms with van der Waals surface area (Å²) in [7, 11) is 0. The van der Waals surface area contributed by atoms with Gasteiger partial charge < -0.3 is 0 Å². The molecular formula is C25H52. The largest absolute Gasteiger partial charge is 0.0776 e. The quantitative estimate of drug-likeness (QED) is 0.408. The van der Waals surface area contributed by atoms with E-state index >= 15 is 0 Å². The van der Waals surface area contributed by atoms with Crippen LogP contribution in [-0.4, -0.2) is 0 Å². The highest BCUT2D eigenvalue weighted by Crippen LogP contribution is 2.72. The van der Waals surface area contributed by atoms with Crippen molar-refractivity contribution in [1.82, 2.24) is 0 Å². The molecule has 4 aliphatic rings. The van der Waals surface area contributed by atoms with Crippen molar-refractivity contribution in [1.29, 1.82) is 0 Å². The molecule has 4 aliphatic carbocycles. The van der Waals surface area contributed by atoms with Crippen LogP contribution in [0.4, 0.5) is 0 Å². The van der Waals surface area contributed by atoms with E-state index in [1.807, 2.05) is 0 Å². The van der Waals surface area contributed by atoms with Crippen molar-refractivity contribution in [2.45, 2.75) is 116 Å². The van der Waals surface area contributed by atoms with Crippen molar-refractivity contribution in [2.24, 2.45) is 45.3 Å². The zero-order valence-corrected chi connectivity index (χ0v) is 17.8. The first-order valence-corrected chi connectivity index (χ1v) is 10.2. The van der Waals surface area contributed by atoms with Gasteiger partial charge in [0.15, 0.2) is 0 Å². The van der Waals surface area contributed by atoms with E-state index in [0.717, 1.165) is 23.7 Å². The molecule has 25 heavy (non-hydrogen) atoms. The van der Waals surface area contributed by atoms with E-state index < -0.39 is 0 Å². The van der Waals surface area contributed by atoms with Crippen LogP contribution < -0.4 is 0 Å². The van der Waals surface area contributed by atoms with E-state index in [2.05, 4.69) is 69.2 Å². The molecule has 4 saturated carbocycles. The maximum absolute atomic E-state index is 2.53. The Hall–Kier alpha value is 0. The molecule has 0 nitrogen and oxygen atoms in total. The Morgan fingerprint density at radius 2 is 0.760 bits per heavy atom. The number of hydrogen-bond donors (Lipinski definition) is 0. The Balaban J connectivity index is 0.000000734. The minimum Gasteiger partial charge on any atom is -0.0776 e. The van der Waals surface area contributed by atoms with Crippen molar-refractivity contribution in [3.05, 3.63) is 0 Å². The van der Waals surface area contributed by atoms with Crippen molar-refractivity contribution in [2.75, 3.05) is 0 Å². The highest BCUT2D eigenvalue weighted by atomic mass is 14.7. The van der Waals surface area contributed by atoms with Gasteiger partial charge in [-0.1, -0.05) is 84.1 Å². The Bertz CT molecular complexity index is 357. The van der Waals surface area contributed by atoms with Gasteiger partial charge in [-0.2, -0.15) is 0 Å². The second-order valence-corrected chi connectivity index (χ2v) is 12.7. The van der Waals surface area contributed by atoms with Crippen LogP contribution in [0, 0.1) is 45.3 Å². The Labute approximate surface area is 161 Å². The van der Waals surface area contributed by atoms with Crippen LogP contribution in [0.5, 0.6) is 0 Å². The third-order valence-corrected chi connectivity index (χ3v) is 6.91. The summed E-state index contributed by atoms with van der Waals surface area (Å²) < 4.78 is 0. The van der Waals surface area contributed by atoms with E-state index in [9.17, 15) is 0 Å². The summed E-state index contributed by atoms with van der Waals surface area (Å²) in [6.07, 6.45) is 7.74. The van der Waals surface area contributed by atoms with E-state index in [1.54, 1.807) is 32.1 Å². The predicted molar refractivity (Wildman–Crippen MR) is 117 cm³/mol.